The standard InChI is InChI=1S/C19H19NO2/c1-19(2,3)16-10-8-14(9-11-16)17(21)13-22-18-7-5-4-6-15(18)12-20/h4-11H,13H2,1-3H3. The van der Waals surface area contributed by atoms with Crippen molar-refractivity contribution in [2.45, 2.75) is 26.2 Å². The number of carbonyl (C=O) groups is 1. The van der Waals surface area contributed by atoms with E-state index in [1.165, 1.54) is 5.56 Å². The minimum Gasteiger partial charge on any atom is -0.484 e. The van der Waals surface area contributed by atoms with Gasteiger partial charge in [0.05, 0.1) is 5.56 Å². The Morgan fingerprint density at radius 2 is 1.73 bits per heavy atom. The first-order valence-electron chi connectivity index (χ1n) is 7.17. The second-order valence-electron chi connectivity index (χ2n) is 6.15. The zero-order chi connectivity index (χ0) is 16.2. The van der Waals surface area contributed by atoms with Gasteiger partial charge in [0.1, 0.15) is 11.8 Å². The van der Waals surface area contributed by atoms with Crippen molar-refractivity contribution >= 4 is 5.78 Å². The summed E-state index contributed by atoms with van der Waals surface area (Å²) in [6, 6.07) is 16.5. The van der Waals surface area contributed by atoms with Crippen molar-refractivity contribution in [3.05, 3.63) is 65.2 Å². The van der Waals surface area contributed by atoms with Crippen molar-refractivity contribution in [1.29, 1.82) is 5.26 Å². The highest BCUT2D eigenvalue weighted by molar-refractivity contribution is 5.97. The molecule has 2 aromatic carbocycles. The molecule has 0 saturated heterocycles. The molecule has 0 fully saturated rings. The van der Waals surface area contributed by atoms with Gasteiger partial charge >= 0.3 is 0 Å². The average Bonchev–Trinajstić information content (AvgIpc) is 2.52. The van der Waals surface area contributed by atoms with Crippen LogP contribution in [-0.2, 0) is 5.41 Å². The fraction of sp³-hybridized carbons (Fsp3) is 0.263. The van der Waals surface area contributed by atoms with Gasteiger partial charge in [-0.2, -0.15) is 5.26 Å². The predicted octanol–water partition coefficient (Wildman–Crippen LogP) is 4.12. The van der Waals surface area contributed by atoms with Gasteiger partial charge in [0.2, 0.25) is 0 Å². The SMILES string of the molecule is CC(C)(C)c1ccc(C(=O)COc2ccccc2C#N)cc1. The summed E-state index contributed by atoms with van der Waals surface area (Å²) in [6.45, 7) is 6.32. The van der Waals surface area contributed by atoms with Gasteiger partial charge in [0.25, 0.3) is 0 Å². The molecular weight excluding hydrogens is 274 g/mol. The van der Waals surface area contributed by atoms with Crippen LogP contribution >= 0.6 is 0 Å². The maximum Gasteiger partial charge on any atom is 0.200 e. The van der Waals surface area contributed by atoms with E-state index in [1.807, 2.05) is 30.3 Å². The Labute approximate surface area is 131 Å². The number of Topliss-reactive ketones (excluding diaryl/α,β-unsaturated/α-hetero) is 1. The van der Waals surface area contributed by atoms with E-state index in [0.29, 0.717) is 16.9 Å². The number of ketones is 1. The molecule has 112 valence electrons. The molecule has 0 aliphatic rings. The zero-order valence-electron chi connectivity index (χ0n) is 13.1. The summed E-state index contributed by atoms with van der Waals surface area (Å²) in [5.74, 6) is 0.331. The molecule has 3 heteroatoms. The Hall–Kier alpha value is -2.60. The molecule has 0 aliphatic heterocycles. The molecule has 0 bridgehead atoms. The number of hydrogen-bond acceptors (Lipinski definition) is 3. The minimum atomic E-state index is -0.104. The van der Waals surface area contributed by atoms with E-state index in [-0.39, 0.29) is 17.8 Å². The van der Waals surface area contributed by atoms with Crippen LogP contribution in [0.25, 0.3) is 0 Å². The molecule has 22 heavy (non-hydrogen) atoms. The summed E-state index contributed by atoms with van der Waals surface area (Å²) in [4.78, 5) is 12.2. The van der Waals surface area contributed by atoms with Gasteiger partial charge in [-0.05, 0) is 23.1 Å². The molecule has 0 radical (unpaired) electrons. The highest BCUT2D eigenvalue weighted by Gasteiger charge is 2.14. The van der Waals surface area contributed by atoms with Crippen molar-refractivity contribution < 1.29 is 9.53 Å². The van der Waals surface area contributed by atoms with Gasteiger partial charge in [-0.15, -0.1) is 0 Å². The van der Waals surface area contributed by atoms with Gasteiger partial charge in [0, 0.05) is 5.56 Å². The summed E-state index contributed by atoms with van der Waals surface area (Å²) in [7, 11) is 0. The average molecular weight is 293 g/mol. The number of nitrogens with zero attached hydrogens (tertiary/aromatic N) is 1. The third-order valence-corrected chi connectivity index (χ3v) is 3.44. The van der Waals surface area contributed by atoms with Gasteiger partial charge in [-0.3, -0.25) is 4.79 Å². The lowest BCUT2D eigenvalue weighted by atomic mass is 9.86. The van der Waals surface area contributed by atoms with E-state index < -0.39 is 0 Å². The maximum atomic E-state index is 12.2. The number of nitriles is 1. The summed E-state index contributed by atoms with van der Waals surface area (Å²) >= 11 is 0. The van der Waals surface area contributed by atoms with Crippen molar-refractivity contribution in [1.82, 2.24) is 0 Å². The number of rotatable bonds is 4. The summed E-state index contributed by atoms with van der Waals surface area (Å²) in [5.41, 5.74) is 2.28. The van der Waals surface area contributed by atoms with Crippen LogP contribution in [0.2, 0.25) is 0 Å². The first-order chi connectivity index (χ1) is 10.4. The lowest BCUT2D eigenvalue weighted by molar-refractivity contribution is 0.0921. The molecule has 0 heterocycles. The number of carbonyl (C=O) groups excluding carboxylic acids is 1. The summed E-state index contributed by atoms with van der Waals surface area (Å²) in [5, 5.41) is 8.99. The molecular formula is C19H19NO2. The van der Waals surface area contributed by atoms with Crippen LogP contribution in [0, 0.1) is 11.3 Å². The van der Waals surface area contributed by atoms with Crippen LogP contribution in [0.5, 0.6) is 5.75 Å². The Kier molecular flexibility index (Phi) is 4.62. The van der Waals surface area contributed by atoms with Crippen molar-refractivity contribution in [2.75, 3.05) is 6.61 Å². The minimum absolute atomic E-state index is 0.0593. The smallest absolute Gasteiger partial charge is 0.200 e. The third kappa shape index (κ3) is 3.73. The molecule has 0 saturated carbocycles. The monoisotopic (exact) mass is 293 g/mol. The fourth-order valence-corrected chi connectivity index (χ4v) is 2.07. The molecule has 0 unspecified atom stereocenters. The molecule has 2 rings (SSSR count). The molecule has 3 nitrogen and oxygen atoms in total. The number of para-hydroxylation sites is 1. The normalized spacial score (nSPS) is 10.8. The van der Waals surface area contributed by atoms with Crippen LogP contribution in [0.1, 0.15) is 42.3 Å². The van der Waals surface area contributed by atoms with Crippen LogP contribution in [-0.4, -0.2) is 12.4 Å². The van der Waals surface area contributed by atoms with Crippen molar-refractivity contribution in [2.24, 2.45) is 0 Å². The first-order valence-corrected chi connectivity index (χ1v) is 7.17. The van der Waals surface area contributed by atoms with Gasteiger partial charge < -0.3 is 4.74 Å². The molecule has 2 aromatic rings. The van der Waals surface area contributed by atoms with Crippen LogP contribution < -0.4 is 4.74 Å². The highest BCUT2D eigenvalue weighted by Crippen LogP contribution is 2.22. The second kappa shape index (κ2) is 6.44. The van der Waals surface area contributed by atoms with E-state index in [4.69, 9.17) is 10.00 Å². The summed E-state index contributed by atoms with van der Waals surface area (Å²) < 4.78 is 5.47. The third-order valence-electron chi connectivity index (χ3n) is 3.44. The Bertz CT molecular complexity index is 703. The predicted molar refractivity (Wildman–Crippen MR) is 86.1 cm³/mol. The van der Waals surface area contributed by atoms with Crippen LogP contribution in [0.4, 0.5) is 0 Å². The molecule has 0 N–H and O–H groups in total. The fourth-order valence-electron chi connectivity index (χ4n) is 2.07. The van der Waals surface area contributed by atoms with E-state index in [0.717, 1.165) is 0 Å². The quantitative estimate of drug-likeness (QED) is 0.797. The molecule has 0 aliphatic carbocycles. The van der Waals surface area contributed by atoms with Gasteiger partial charge in [0.15, 0.2) is 12.4 Å². The van der Waals surface area contributed by atoms with E-state index >= 15 is 0 Å². The van der Waals surface area contributed by atoms with Crippen LogP contribution in [0.15, 0.2) is 48.5 Å². The van der Waals surface area contributed by atoms with E-state index in [1.54, 1.807) is 24.3 Å². The number of ether oxygens (including phenoxy) is 1. The Morgan fingerprint density at radius 1 is 1.09 bits per heavy atom. The lowest BCUT2D eigenvalue weighted by Gasteiger charge is -2.19. The lowest BCUT2D eigenvalue weighted by Crippen LogP contribution is -2.14. The maximum absolute atomic E-state index is 12.2. The highest BCUT2D eigenvalue weighted by atomic mass is 16.5. The van der Waals surface area contributed by atoms with E-state index in [9.17, 15) is 4.79 Å². The Balaban J connectivity index is 2.05. The molecule has 0 aromatic heterocycles. The second-order valence-corrected chi connectivity index (χ2v) is 6.15. The number of hydrogen-bond donors (Lipinski definition) is 0. The van der Waals surface area contributed by atoms with Crippen molar-refractivity contribution in [3.8, 4) is 11.8 Å². The first kappa shape index (κ1) is 15.8. The van der Waals surface area contributed by atoms with Gasteiger partial charge in [-0.1, -0.05) is 57.2 Å². The van der Waals surface area contributed by atoms with Gasteiger partial charge in [-0.25, -0.2) is 0 Å². The topological polar surface area (TPSA) is 50.1 Å². The van der Waals surface area contributed by atoms with Crippen LogP contribution in [0.3, 0.4) is 0 Å². The zero-order valence-corrected chi connectivity index (χ0v) is 13.1. The molecule has 0 amide bonds. The number of benzene rings is 2. The Morgan fingerprint density at radius 3 is 2.32 bits per heavy atom. The largest absolute Gasteiger partial charge is 0.484 e. The molecule has 0 atom stereocenters. The van der Waals surface area contributed by atoms with Crippen molar-refractivity contribution in [3.63, 3.8) is 0 Å². The molecule has 0 spiro atoms. The van der Waals surface area contributed by atoms with E-state index in [2.05, 4.69) is 20.8 Å². The summed E-state index contributed by atoms with van der Waals surface area (Å²) in [6.07, 6.45) is 0.